The lowest BCUT2D eigenvalue weighted by atomic mass is 10.1. The Hall–Kier alpha value is -3.63. The minimum atomic E-state index is -4.05. The molecular formula is C26H25ClN2O7S. The second-order valence-corrected chi connectivity index (χ2v) is 10.9. The van der Waals surface area contributed by atoms with Crippen molar-refractivity contribution in [1.82, 2.24) is 5.32 Å². The first-order chi connectivity index (χ1) is 17.8. The van der Waals surface area contributed by atoms with Crippen molar-refractivity contribution < 1.29 is 32.2 Å². The molecule has 9 nitrogen and oxygen atoms in total. The molecular weight excluding hydrogens is 520 g/mol. The predicted octanol–water partition coefficient (Wildman–Crippen LogP) is 3.95. The molecule has 0 radical (unpaired) electrons. The second-order valence-electron chi connectivity index (χ2n) is 8.56. The van der Waals surface area contributed by atoms with Gasteiger partial charge in [-0.05, 0) is 67.1 Å². The van der Waals surface area contributed by atoms with Gasteiger partial charge in [-0.1, -0.05) is 17.7 Å². The minimum Gasteiger partial charge on any atom is -0.497 e. The van der Waals surface area contributed by atoms with Crippen molar-refractivity contribution in [3.05, 3.63) is 71.2 Å². The molecule has 2 heterocycles. The molecule has 0 saturated carbocycles. The van der Waals surface area contributed by atoms with Crippen molar-refractivity contribution in [2.75, 3.05) is 31.2 Å². The first kappa shape index (κ1) is 25.0. The lowest BCUT2D eigenvalue weighted by Gasteiger charge is -2.35. The monoisotopic (exact) mass is 544 g/mol. The fourth-order valence-corrected chi connectivity index (χ4v) is 5.82. The van der Waals surface area contributed by atoms with E-state index in [2.05, 4.69) is 5.32 Å². The van der Waals surface area contributed by atoms with Crippen molar-refractivity contribution in [2.24, 2.45) is 0 Å². The van der Waals surface area contributed by atoms with Gasteiger partial charge in [-0.3, -0.25) is 9.10 Å². The first-order valence-corrected chi connectivity index (χ1v) is 13.4. The third-order valence-electron chi connectivity index (χ3n) is 6.16. The fourth-order valence-electron chi connectivity index (χ4n) is 4.18. The summed E-state index contributed by atoms with van der Waals surface area (Å²) in [6, 6.07) is 15.7. The lowest BCUT2D eigenvalue weighted by molar-refractivity contribution is -0.128. The molecule has 5 rings (SSSR count). The molecule has 3 aromatic carbocycles. The molecule has 3 aromatic rings. The van der Waals surface area contributed by atoms with Gasteiger partial charge < -0.3 is 24.3 Å². The molecule has 1 N–H and O–H groups in total. The number of carbonyl (C=O) groups is 1. The molecule has 0 fully saturated rings. The van der Waals surface area contributed by atoms with Crippen LogP contribution in [0.5, 0.6) is 23.0 Å². The van der Waals surface area contributed by atoms with E-state index in [1.54, 1.807) is 30.3 Å². The molecule has 0 aromatic heterocycles. The molecule has 0 bridgehead atoms. The Bertz CT molecular complexity index is 1430. The van der Waals surface area contributed by atoms with Gasteiger partial charge in [0, 0.05) is 5.02 Å². The third-order valence-corrected chi connectivity index (χ3v) is 8.18. The van der Waals surface area contributed by atoms with Gasteiger partial charge in [0.05, 0.1) is 30.3 Å². The van der Waals surface area contributed by atoms with Crippen molar-refractivity contribution in [3.8, 4) is 23.0 Å². The molecule has 2 aliphatic heterocycles. The van der Waals surface area contributed by atoms with E-state index >= 15 is 0 Å². The van der Waals surface area contributed by atoms with Crippen LogP contribution in [0.4, 0.5) is 5.69 Å². The van der Waals surface area contributed by atoms with Crippen LogP contribution in [0.15, 0.2) is 65.6 Å². The Kier molecular flexibility index (Phi) is 6.78. The van der Waals surface area contributed by atoms with Crippen LogP contribution in [0.1, 0.15) is 18.5 Å². The Morgan fingerprint density at radius 1 is 1.03 bits per heavy atom. The summed E-state index contributed by atoms with van der Waals surface area (Å²) in [7, 11) is -2.55. The van der Waals surface area contributed by atoms with E-state index in [0.29, 0.717) is 35.5 Å². The number of rotatable bonds is 6. The van der Waals surface area contributed by atoms with Gasteiger partial charge in [0.25, 0.3) is 15.9 Å². The number of anilines is 1. The smallest absolute Gasteiger partial charge is 0.264 e. The summed E-state index contributed by atoms with van der Waals surface area (Å²) in [5, 5.41) is 3.26. The molecule has 2 atom stereocenters. The Morgan fingerprint density at radius 3 is 2.46 bits per heavy atom. The topological polar surface area (TPSA) is 103 Å². The largest absolute Gasteiger partial charge is 0.497 e. The van der Waals surface area contributed by atoms with Gasteiger partial charge in [-0.25, -0.2) is 8.42 Å². The molecule has 2 aliphatic rings. The second kappa shape index (κ2) is 10.0. The van der Waals surface area contributed by atoms with Crippen LogP contribution in [-0.4, -0.2) is 47.3 Å². The number of nitrogens with zero attached hydrogens (tertiary/aromatic N) is 1. The number of carbonyl (C=O) groups excluding carboxylic acids is 1. The van der Waals surface area contributed by atoms with Crippen LogP contribution in [0, 0.1) is 0 Å². The van der Waals surface area contributed by atoms with Crippen LogP contribution in [-0.2, 0) is 14.8 Å². The van der Waals surface area contributed by atoms with Crippen molar-refractivity contribution in [3.63, 3.8) is 0 Å². The van der Waals surface area contributed by atoms with Crippen molar-refractivity contribution >= 4 is 33.2 Å². The number of ether oxygens (including phenoxy) is 4. The van der Waals surface area contributed by atoms with Crippen molar-refractivity contribution in [2.45, 2.75) is 24.0 Å². The van der Waals surface area contributed by atoms with Gasteiger partial charge in [-0.2, -0.15) is 0 Å². The zero-order valence-electron chi connectivity index (χ0n) is 20.1. The van der Waals surface area contributed by atoms with E-state index < -0.39 is 28.1 Å². The molecule has 0 aliphatic carbocycles. The molecule has 0 saturated heterocycles. The zero-order valence-corrected chi connectivity index (χ0v) is 21.7. The van der Waals surface area contributed by atoms with Crippen LogP contribution >= 0.6 is 11.6 Å². The maximum absolute atomic E-state index is 13.6. The number of methoxy groups -OCH3 is 1. The highest BCUT2D eigenvalue weighted by Crippen LogP contribution is 2.39. The van der Waals surface area contributed by atoms with Crippen molar-refractivity contribution in [1.29, 1.82) is 0 Å². The molecule has 194 valence electrons. The Labute approximate surface area is 219 Å². The SMILES string of the molecule is COc1ccc(S(=O)(=O)N2C[C@@H](C(=O)N[C@@H](C)c3ccc4c(c3)OCCO4)Oc3ccc(Cl)cc32)cc1. The quantitative estimate of drug-likeness (QED) is 0.501. The Morgan fingerprint density at radius 2 is 1.73 bits per heavy atom. The highest BCUT2D eigenvalue weighted by molar-refractivity contribution is 7.92. The summed E-state index contributed by atoms with van der Waals surface area (Å²) < 4.78 is 50.7. The third kappa shape index (κ3) is 4.99. The van der Waals surface area contributed by atoms with Crippen LogP contribution in [0.2, 0.25) is 5.02 Å². The average Bonchev–Trinajstić information content (AvgIpc) is 2.92. The highest BCUT2D eigenvalue weighted by atomic mass is 35.5. The normalized spacial score (nSPS) is 17.3. The standard InChI is InChI=1S/C26H25ClN2O7S/c1-16(17-3-9-23-24(13-17)35-12-11-34-23)28-26(30)25-15-29(21-14-18(27)4-10-22(21)36-25)37(31,32)20-7-5-19(33-2)6-8-20/h3-10,13-14,16,25H,11-12,15H2,1-2H3,(H,28,30)/t16-,25-/m0/s1. The molecule has 0 spiro atoms. The van der Waals surface area contributed by atoms with E-state index in [1.807, 2.05) is 19.1 Å². The summed E-state index contributed by atoms with van der Waals surface area (Å²) >= 11 is 6.17. The minimum absolute atomic E-state index is 0.0462. The van der Waals surface area contributed by atoms with E-state index in [4.69, 9.17) is 30.5 Å². The van der Waals surface area contributed by atoms with Crippen LogP contribution < -0.4 is 28.6 Å². The number of benzene rings is 3. The maximum atomic E-state index is 13.6. The van der Waals surface area contributed by atoms with E-state index in [9.17, 15) is 13.2 Å². The summed E-state index contributed by atoms with van der Waals surface area (Å²) in [5.41, 5.74) is 1.07. The zero-order chi connectivity index (χ0) is 26.2. The van der Waals surface area contributed by atoms with Gasteiger partial charge in [0.1, 0.15) is 24.7 Å². The number of hydrogen-bond acceptors (Lipinski definition) is 7. The summed E-state index contributed by atoms with van der Waals surface area (Å²) in [6.07, 6.45) is -1.10. The number of hydrogen-bond donors (Lipinski definition) is 1. The van der Waals surface area contributed by atoms with E-state index in [1.165, 1.54) is 25.3 Å². The Balaban J connectivity index is 1.40. The van der Waals surface area contributed by atoms with Gasteiger partial charge >= 0.3 is 0 Å². The maximum Gasteiger partial charge on any atom is 0.264 e. The van der Waals surface area contributed by atoms with Crippen LogP contribution in [0.25, 0.3) is 0 Å². The average molecular weight is 545 g/mol. The van der Waals surface area contributed by atoms with E-state index in [-0.39, 0.29) is 22.9 Å². The highest BCUT2D eigenvalue weighted by Gasteiger charge is 2.38. The summed E-state index contributed by atoms with van der Waals surface area (Å²) in [6.45, 7) is 2.53. The number of nitrogens with one attached hydrogen (secondary N) is 1. The predicted molar refractivity (Wildman–Crippen MR) is 137 cm³/mol. The number of amides is 1. The first-order valence-electron chi connectivity index (χ1n) is 11.6. The molecule has 1 amide bonds. The van der Waals surface area contributed by atoms with E-state index in [0.717, 1.165) is 9.87 Å². The summed E-state index contributed by atoms with van der Waals surface area (Å²) in [4.78, 5) is 13.3. The lowest BCUT2D eigenvalue weighted by Crippen LogP contribution is -2.51. The van der Waals surface area contributed by atoms with Crippen LogP contribution in [0.3, 0.4) is 0 Å². The van der Waals surface area contributed by atoms with Gasteiger partial charge in [0.2, 0.25) is 0 Å². The molecule has 0 unspecified atom stereocenters. The van der Waals surface area contributed by atoms with Gasteiger partial charge in [0.15, 0.2) is 17.6 Å². The molecule has 37 heavy (non-hydrogen) atoms. The molecule has 11 heteroatoms. The van der Waals surface area contributed by atoms with Gasteiger partial charge in [-0.15, -0.1) is 0 Å². The number of sulfonamides is 1. The summed E-state index contributed by atoms with van der Waals surface area (Å²) in [5.74, 6) is 1.56. The number of halogens is 1. The number of fused-ring (bicyclic) bond motifs is 2. The fraction of sp³-hybridized carbons (Fsp3) is 0.269.